The van der Waals surface area contributed by atoms with Crippen molar-refractivity contribution in [1.29, 1.82) is 0 Å². The molecule has 1 unspecified atom stereocenters. The molecule has 3 rings (SSSR count). The van der Waals surface area contributed by atoms with Gasteiger partial charge in [0.1, 0.15) is 0 Å². The van der Waals surface area contributed by atoms with Crippen molar-refractivity contribution in [3.05, 3.63) is 15.6 Å². The van der Waals surface area contributed by atoms with Crippen LogP contribution in [0.25, 0.3) is 0 Å². The van der Waals surface area contributed by atoms with E-state index in [-0.39, 0.29) is 12.0 Å². The Morgan fingerprint density at radius 2 is 1.80 bits per heavy atom. The highest BCUT2D eigenvalue weighted by Gasteiger charge is 2.48. The van der Waals surface area contributed by atoms with E-state index in [1.165, 1.54) is 14.2 Å². The average molecular weight is 414 g/mol. The topological polar surface area (TPSA) is 80.0 Å². The molecule has 0 aromatic heterocycles. The molecule has 0 radical (unpaired) electrons. The summed E-state index contributed by atoms with van der Waals surface area (Å²) in [5.74, 6) is 0.483. The minimum absolute atomic E-state index is 0.226. The normalized spacial score (nSPS) is 27.9. The Kier molecular flexibility index (Phi) is 4.90. The first-order chi connectivity index (χ1) is 11.8. The van der Waals surface area contributed by atoms with Crippen LogP contribution in [0.2, 0.25) is 0 Å². The molecule has 1 heterocycles. The first-order valence-electron chi connectivity index (χ1n) is 8.44. The van der Waals surface area contributed by atoms with Gasteiger partial charge in [0, 0.05) is 24.4 Å². The van der Waals surface area contributed by atoms with Gasteiger partial charge in [-0.05, 0) is 48.5 Å². The van der Waals surface area contributed by atoms with Crippen LogP contribution < -0.4 is 19.9 Å². The van der Waals surface area contributed by atoms with Gasteiger partial charge in [-0.25, -0.2) is 4.79 Å². The Hall–Kier alpha value is -1.47. The predicted molar refractivity (Wildman–Crippen MR) is 96.4 cm³/mol. The molecule has 1 aliphatic heterocycles. The van der Waals surface area contributed by atoms with Crippen LogP contribution in [0, 0.1) is 12.8 Å². The van der Waals surface area contributed by atoms with Crippen LogP contribution in [0.4, 0.5) is 0 Å². The molecular weight excluding hydrogens is 390 g/mol. The highest BCUT2D eigenvalue weighted by atomic mass is 79.9. The number of methoxy groups -OCH3 is 2. The standard InChI is InChI=1S/C18H24BrNO5/c1-9-12(17(21)23-4)13(19)15(22-3)16-14(9)24-18(2,25-16)10-5-7-11(20)8-6-10/h10-11H,5-8,20H2,1-4H3. The molecule has 1 atom stereocenters. The molecule has 6 nitrogen and oxygen atoms in total. The maximum atomic E-state index is 12.2. The van der Waals surface area contributed by atoms with E-state index in [0.717, 1.165) is 25.7 Å². The molecular formula is C18H24BrNO5. The molecule has 0 amide bonds. The minimum Gasteiger partial charge on any atom is -0.492 e. The number of halogens is 1. The highest BCUT2D eigenvalue weighted by Crippen LogP contribution is 2.55. The SMILES string of the molecule is COC(=O)c1c(C)c2c(c(OC)c1Br)OC(C)(C1CCC(N)CC1)O2. The minimum atomic E-state index is -0.797. The first kappa shape index (κ1) is 18.3. The molecule has 0 saturated heterocycles. The van der Waals surface area contributed by atoms with Crippen molar-refractivity contribution in [2.75, 3.05) is 14.2 Å². The quantitative estimate of drug-likeness (QED) is 0.762. The molecule has 25 heavy (non-hydrogen) atoms. The second-order valence-corrected chi connectivity index (χ2v) is 7.62. The van der Waals surface area contributed by atoms with E-state index < -0.39 is 11.8 Å². The van der Waals surface area contributed by atoms with Gasteiger partial charge in [0.05, 0.1) is 24.3 Å². The van der Waals surface area contributed by atoms with Crippen LogP contribution in [0.1, 0.15) is 48.5 Å². The summed E-state index contributed by atoms with van der Waals surface area (Å²) in [6, 6.07) is 0.250. The van der Waals surface area contributed by atoms with Crippen LogP contribution in [-0.2, 0) is 4.74 Å². The van der Waals surface area contributed by atoms with Crippen molar-refractivity contribution >= 4 is 21.9 Å². The van der Waals surface area contributed by atoms with Crippen LogP contribution in [0.3, 0.4) is 0 Å². The van der Waals surface area contributed by atoms with Crippen LogP contribution >= 0.6 is 15.9 Å². The smallest absolute Gasteiger partial charge is 0.339 e. The number of esters is 1. The molecule has 2 N–H and O–H groups in total. The summed E-state index contributed by atoms with van der Waals surface area (Å²) in [7, 11) is 2.88. The predicted octanol–water partition coefficient (Wildman–Crippen LogP) is 3.56. The molecule has 1 aromatic rings. The van der Waals surface area contributed by atoms with Crippen LogP contribution in [-0.4, -0.2) is 32.0 Å². The van der Waals surface area contributed by atoms with Crippen molar-refractivity contribution in [2.24, 2.45) is 11.7 Å². The lowest BCUT2D eigenvalue weighted by Gasteiger charge is -2.36. The van der Waals surface area contributed by atoms with E-state index in [0.29, 0.717) is 32.8 Å². The molecule has 7 heteroatoms. The zero-order valence-electron chi connectivity index (χ0n) is 15.0. The number of hydrogen-bond donors (Lipinski definition) is 1. The third kappa shape index (κ3) is 2.97. The molecule has 0 bridgehead atoms. The molecule has 1 saturated carbocycles. The van der Waals surface area contributed by atoms with Crippen molar-refractivity contribution in [2.45, 2.75) is 51.4 Å². The third-order valence-corrected chi connectivity index (χ3v) is 6.02. The van der Waals surface area contributed by atoms with Gasteiger partial charge in [-0.3, -0.25) is 0 Å². The van der Waals surface area contributed by atoms with Gasteiger partial charge >= 0.3 is 5.97 Å². The second kappa shape index (κ2) is 6.68. The van der Waals surface area contributed by atoms with Gasteiger partial charge in [-0.1, -0.05) is 0 Å². The summed E-state index contributed by atoms with van der Waals surface area (Å²) in [6.45, 7) is 3.76. The lowest BCUT2D eigenvalue weighted by atomic mass is 9.81. The van der Waals surface area contributed by atoms with Crippen LogP contribution in [0.15, 0.2) is 4.47 Å². The van der Waals surface area contributed by atoms with Gasteiger partial charge in [0.15, 0.2) is 11.5 Å². The number of nitrogens with two attached hydrogens (primary N) is 1. The van der Waals surface area contributed by atoms with E-state index >= 15 is 0 Å². The molecule has 1 aromatic carbocycles. The largest absolute Gasteiger partial charge is 0.492 e. The number of rotatable bonds is 3. The fraction of sp³-hybridized carbons (Fsp3) is 0.611. The van der Waals surface area contributed by atoms with Gasteiger partial charge in [0.25, 0.3) is 5.79 Å². The zero-order valence-corrected chi connectivity index (χ0v) is 16.6. The first-order valence-corrected chi connectivity index (χ1v) is 9.23. The monoisotopic (exact) mass is 413 g/mol. The number of ether oxygens (including phenoxy) is 4. The fourth-order valence-electron chi connectivity index (χ4n) is 3.74. The number of benzene rings is 1. The maximum absolute atomic E-state index is 12.2. The molecule has 138 valence electrons. The number of fused-ring (bicyclic) bond motifs is 1. The summed E-state index contributed by atoms with van der Waals surface area (Å²) in [5.41, 5.74) is 7.08. The Labute approximate surface area is 156 Å². The molecule has 1 aliphatic carbocycles. The number of hydrogen-bond acceptors (Lipinski definition) is 6. The highest BCUT2D eigenvalue weighted by molar-refractivity contribution is 9.10. The summed E-state index contributed by atoms with van der Waals surface area (Å²) < 4.78 is 23.4. The van der Waals surface area contributed by atoms with Gasteiger partial charge < -0.3 is 24.7 Å². The van der Waals surface area contributed by atoms with Crippen molar-refractivity contribution < 1.29 is 23.7 Å². The Bertz CT molecular complexity index is 699. The second-order valence-electron chi connectivity index (χ2n) is 6.83. The summed E-state index contributed by atoms with van der Waals surface area (Å²) in [6.07, 6.45) is 3.79. The van der Waals surface area contributed by atoms with Crippen molar-refractivity contribution in [3.8, 4) is 17.2 Å². The van der Waals surface area contributed by atoms with E-state index in [4.69, 9.17) is 24.7 Å². The zero-order chi connectivity index (χ0) is 18.4. The van der Waals surface area contributed by atoms with Gasteiger partial charge in [-0.2, -0.15) is 0 Å². The average Bonchev–Trinajstić information content (AvgIpc) is 2.94. The van der Waals surface area contributed by atoms with Crippen LogP contribution in [0.5, 0.6) is 17.2 Å². The lowest BCUT2D eigenvalue weighted by Crippen LogP contribution is -2.46. The van der Waals surface area contributed by atoms with Gasteiger partial charge in [-0.15, -0.1) is 0 Å². The summed E-state index contributed by atoms with van der Waals surface area (Å²) >= 11 is 3.45. The van der Waals surface area contributed by atoms with E-state index in [9.17, 15) is 4.79 Å². The van der Waals surface area contributed by atoms with E-state index in [2.05, 4.69) is 15.9 Å². The number of carbonyl (C=O) groups is 1. The Morgan fingerprint density at radius 1 is 1.20 bits per heavy atom. The number of carbonyl (C=O) groups excluding carboxylic acids is 1. The van der Waals surface area contributed by atoms with E-state index in [1.54, 1.807) is 0 Å². The molecule has 1 fully saturated rings. The third-order valence-electron chi connectivity index (χ3n) is 5.26. The van der Waals surface area contributed by atoms with Crippen molar-refractivity contribution in [3.63, 3.8) is 0 Å². The lowest BCUT2D eigenvalue weighted by molar-refractivity contribution is -0.121. The Morgan fingerprint density at radius 3 is 2.36 bits per heavy atom. The molecule has 0 spiro atoms. The van der Waals surface area contributed by atoms with Gasteiger partial charge in [0.2, 0.25) is 5.75 Å². The summed E-state index contributed by atoms with van der Waals surface area (Å²) in [5, 5.41) is 0. The molecule has 2 aliphatic rings. The maximum Gasteiger partial charge on any atom is 0.339 e. The Balaban J connectivity index is 2.03. The van der Waals surface area contributed by atoms with Crippen molar-refractivity contribution in [1.82, 2.24) is 0 Å². The fourth-order valence-corrected chi connectivity index (χ4v) is 4.54. The summed E-state index contributed by atoms with van der Waals surface area (Å²) in [4.78, 5) is 12.2. The van der Waals surface area contributed by atoms with E-state index in [1.807, 2.05) is 13.8 Å².